The molecule has 1 unspecified atom stereocenters. The van der Waals surface area contributed by atoms with Crippen molar-refractivity contribution in [1.82, 2.24) is 4.90 Å². The SMILES string of the molecule is CN(Cc1ccc(C#CCO)cc1)CC1CCCCO1. The topological polar surface area (TPSA) is 32.7 Å². The van der Waals surface area contributed by atoms with Crippen LogP contribution in [0.3, 0.4) is 0 Å². The maximum Gasteiger partial charge on any atom is 0.104 e. The maximum absolute atomic E-state index is 8.66. The summed E-state index contributed by atoms with van der Waals surface area (Å²) in [4.78, 5) is 2.31. The first-order valence-electron chi connectivity index (χ1n) is 7.27. The van der Waals surface area contributed by atoms with E-state index in [2.05, 4.69) is 35.9 Å². The maximum atomic E-state index is 8.66. The number of ether oxygens (including phenoxy) is 1. The summed E-state index contributed by atoms with van der Waals surface area (Å²) >= 11 is 0. The van der Waals surface area contributed by atoms with Crippen molar-refractivity contribution in [2.45, 2.75) is 31.9 Å². The van der Waals surface area contributed by atoms with Gasteiger partial charge in [-0.1, -0.05) is 24.0 Å². The van der Waals surface area contributed by atoms with Crippen molar-refractivity contribution in [3.63, 3.8) is 0 Å². The predicted molar refractivity (Wildman–Crippen MR) is 80.3 cm³/mol. The number of aliphatic hydroxyl groups excluding tert-OH is 1. The minimum Gasteiger partial charge on any atom is -0.384 e. The fourth-order valence-corrected chi connectivity index (χ4v) is 2.51. The molecule has 1 fully saturated rings. The molecule has 0 aliphatic carbocycles. The lowest BCUT2D eigenvalue weighted by Crippen LogP contribution is -2.33. The highest BCUT2D eigenvalue weighted by molar-refractivity contribution is 5.36. The van der Waals surface area contributed by atoms with E-state index in [0.717, 1.165) is 25.3 Å². The molecule has 1 aromatic rings. The van der Waals surface area contributed by atoms with Crippen LogP contribution in [0.4, 0.5) is 0 Å². The van der Waals surface area contributed by atoms with Crippen molar-refractivity contribution in [1.29, 1.82) is 0 Å². The van der Waals surface area contributed by atoms with E-state index in [4.69, 9.17) is 9.84 Å². The zero-order valence-corrected chi connectivity index (χ0v) is 12.1. The molecule has 0 radical (unpaired) electrons. The standard InChI is InChI=1S/C17H23NO2/c1-18(14-17-6-2-3-12-20-17)13-16-9-7-15(8-10-16)5-4-11-19/h7-10,17,19H,2-3,6,11-14H2,1H3. The average molecular weight is 273 g/mol. The van der Waals surface area contributed by atoms with Crippen LogP contribution in [-0.2, 0) is 11.3 Å². The third-order valence-corrected chi connectivity index (χ3v) is 3.51. The Balaban J connectivity index is 1.82. The minimum atomic E-state index is -0.0914. The first-order valence-corrected chi connectivity index (χ1v) is 7.27. The molecule has 0 bridgehead atoms. The Morgan fingerprint density at radius 3 is 2.75 bits per heavy atom. The molecule has 20 heavy (non-hydrogen) atoms. The van der Waals surface area contributed by atoms with Crippen molar-refractivity contribution >= 4 is 0 Å². The first-order chi connectivity index (χ1) is 9.78. The number of aliphatic hydroxyl groups is 1. The Hall–Kier alpha value is -1.34. The molecule has 3 nitrogen and oxygen atoms in total. The van der Waals surface area contributed by atoms with E-state index in [0.29, 0.717) is 6.10 Å². The Morgan fingerprint density at radius 2 is 2.10 bits per heavy atom. The summed E-state index contributed by atoms with van der Waals surface area (Å²) in [5.74, 6) is 5.56. The largest absolute Gasteiger partial charge is 0.384 e. The monoisotopic (exact) mass is 273 g/mol. The average Bonchev–Trinajstić information content (AvgIpc) is 2.47. The molecule has 0 spiro atoms. The number of benzene rings is 1. The number of rotatable bonds is 4. The van der Waals surface area contributed by atoms with Crippen LogP contribution in [0, 0.1) is 11.8 Å². The first kappa shape index (κ1) is 15.1. The highest BCUT2D eigenvalue weighted by Crippen LogP contribution is 2.14. The van der Waals surface area contributed by atoms with Crippen molar-refractivity contribution in [2.24, 2.45) is 0 Å². The fourth-order valence-electron chi connectivity index (χ4n) is 2.51. The summed E-state index contributed by atoms with van der Waals surface area (Å²) in [6, 6.07) is 8.20. The Bertz CT molecular complexity index is 452. The molecule has 0 amide bonds. The van der Waals surface area contributed by atoms with Crippen LogP contribution >= 0.6 is 0 Å². The van der Waals surface area contributed by atoms with Gasteiger partial charge >= 0.3 is 0 Å². The van der Waals surface area contributed by atoms with E-state index in [1.54, 1.807) is 0 Å². The van der Waals surface area contributed by atoms with Crippen LogP contribution in [0.25, 0.3) is 0 Å². The van der Waals surface area contributed by atoms with E-state index in [-0.39, 0.29) is 6.61 Å². The highest BCUT2D eigenvalue weighted by Gasteiger charge is 2.15. The molecule has 1 saturated heterocycles. The van der Waals surface area contributed by atoms with Gasteiger partial charge in [-0.15, -0.1) is 0 Å². The van der Waals surface area contributed by atoms with E-state index < -0.39 is 0 Å². The van der Waals surface area contributed by atoms with Gasteiger partial charge in [0, 0.05) is 25.3 Å². The van der Waals surface area contributed by atoms with Crippen LogP contribution < -0.4 is 0 Å². The molecule has 0 saturated carbocycles. The van der Waals surface area contributed by atoms with Crippen LogP contribution in [-0.4, -0.2) is 42.9 Å². The molecular weight excluding hydrogens is 250 g/mol. The summed E-state index contributed by atoms with van der Waals surface area (Å²) < 4.78 is 5.77. The molecule has 0 aromatic heterocycles. The van der Waals surface area contributed by atoms with Crippen LogP contribution in [0.2, 0.25) is 0 Å². The van der Waals surface area contributed by atoms with Gasteiger partial charge in [-0.25, -0.2) is 0 Å². The summed E-state index contributed by atoms with van der Waals surface area (Å²) in [5.41, 5.74) is 2.22. The van der Waals surface area contributed by atoms with Gasteiger partial charge in [0.25, 0.3) is 0 Å². The Morgan fingerprint density at radius 1 is 1.30 bits per heavy atom. The zero-order chi connectivity index (χ0) is 14.2. The molecular formula is C17H23NO2. The van der Waals surface area contributed by atoms with Crippen LogP contribution in [0.15, 0.2) is 24.3 Å². The predicted octanol–water partition coefficient (Wildman–Crippen LogP) is 2.03. The molecule has 1 aliphatic rings. The van der Waals surface area contributed by atoms with Gasteiger partial charge in [0.15, 0.2) is 0 Å². The van der Waals surface area contributed by atoms with E-state index in [1.807, 2.05) is 12.1 Å². The van der Waals surface area contributed by atoms with Crippen LogP contribution in [0.5, 0.6) is 0 Å². The third-order valence-electron chi connectivity index (χ3n) is 3.51. The molecule has 1 atom stereocenters. The second kappa shape index (κ2) is 8.06. The van der Waals surface area contributed by atoms with Gasteiger partial charge in [0.1, 0.15) is 6.61 Å². The molecule has 2 rings (SSSR count). The number of nitrogens with zero attached hydrogens (tertiary/aromatic N) is 1. The second-order valence-electron chi connectivity index (χ2n) is 5.34. The Kier molecular flexibility index (Phi) is 6.07. The highest BCUT2D eigenvalue weighted by atomic mass is 16.5. The van der Waals surface area contributed by atoms with Crippen molar-refractivity contribution < 1.29 is 9.84 Å². The molecule has 1 aromatic carbocycles. The van der Waals surface area contributed by atoms with E-state index in [9.17, 15) is 0 Å². The minimum absolute atomic E-state index is 0.0914. The van der Waals surface area contributed by atoms with Crippen molar-refractivity contribution in [3.8, 4) is 11.8 Å². The number of hydrogen-bond acceptors (Lipinski definition) is 3. The van der Waals surface area contributed by atoms with E-state index >= 15 is 0 Å². The normalized spacial score (nSPS) is 18.6. The fraction of sp³-hybridized carbons (Fsp3) is 0.529. The quantitative estimate of drug-likeness (QED) is 0.852. The molecule has 3 heteroatoms. The molecule has 108 valence electrons. The lowest BCUT2D eigenvalue weighted by atomic mass is 10.1. The smallest absolute Gasteiger partial charge is 0.104 e. The summed E-state index contributed by atoms with van der Waals surface area (Å²) in [6.07, 6.45) is 4.07. The van der Waals surface area contributed by atoms with Gasteiger partial charge < -0.3 is 9.84 Å². The Labute approximate surface area is 121 Å². The van der Waals surface area contributed by atoms with Crippen molar-refractivity contribution in [2.75, 3.05) is 26.8 Å². The zero-order valence-electron chi connectivity index (χ0n) is 12.1. The van der Waals surface area contributed by atoms with Gasteiger partial charge in [0.2, 0.25) is 0 Å². The third kappa shape index (κ3) is 4.97. The molecule has 1 N–H and O–H groups in total. The van der Waals surface area contributed by atoms with Gasteiger partial charge in [-0.3, -0.25) is 4.90 Å². The summed E-state index contributed by atoms with van der Waals surface area (Å²) in [6.45, 7) is 2.74. The molecule has 1 aliphatic heterocycles. The number of hydrogen-bond donors (Lipinski definition) is 1. The van der Waals surface area contributed by atoms with Gasteiger partial charge in [0.05, 0.1) is 6.10 Å². The van der Waals surface area contributed by atoms with Gasteiger partial charge in [-0.2, -0.15) is 0 Å². The lowest BCUT2D eigenvalue weighted by molar-refractivity contribution is -0.00259. The van der Waals surface area contributed by atoms with Gasteiger partial charge in [-0.05, 0) is 44.0 Å². The lowest BCUT2D eigenvalue weighted by Gasteiger charge is -2.27. The van der Waals surface area contributed by atoms with Crippen LogP contribution in [0.1, 0.15) is 30.4 Å². The van der Waals surface area contributed by atoms with E-state index in [1.165, 1.54) is 24.8 Å². The van der Waals surface area contributed by atoms with Crippen molar-refractivity contribution in [3.05, 3.63) is 35.4 Å². The summed E-state index contributed by atoms with van der Waals surface area (Å²) in [7, 11) is 2.14. The molecule has 1 heterocycles. The number of likely N-dealkylation sites (N-methyl/N-ethyl adjacent to an activating group) is 1. The second-order valence-corrected chi connectivity index (χ2v) is 5.34. The summed E-state index contributed by atoms with van der Waals surface area (Å²) in [5, 5.41) is 8.66.